The number of hydrogen-bond acceptors (Lipinski definition) is 2. The van der Waals surface area contributed by atoms with Crippen LogP contribution in [0.5, 0.6) is 0 Å². The van der Waals surface area contributed by atoms with Crippen LogP contribution in [0.2, 0.25) is 0 Å². The Morgan fingerprint density at radius 3 is 2.24 bits per heavy atom. The molecule has 1 aromatic carbocycles. The highest BCUT2D eigenvalue weighted by molar-refractivity contribution is 5.30. The molecule has 2 unspecified atom stereocenters. The molecule has 0 amide bonds. The normalized spacial score (nSPS) is 19.0. The Morgan fingerprint density at radius 1 is 1.18 bits per heavy atom. The van der Waals surface area contributed by atoms with Crippen LogP contribution in [0, 0.1) is 0 Å². The van der Waals surface area contributed by atoms with Crippen molar-refractivity contribution in [3.05, 3.63) is 35.4 Å². The van der Waals surface area contributed by atoms with Crippen LogP contribution in [0.1, 0.15) is 44.2 Å². The molecule has 0 saturated heterocycles. The molecular formula is C15H24N2. The monoisotopic (exact) mass is 232 g/mol. The molecule has 2 heteroatoms. The third kappa shape index (κ3) is 2.70. The van der Waals surface area contributed by atoms with E-state index < -0.39 is 0 Å². The minimum absolute atomic E-state index is 0.319. The molecule has 0 aliphatic carbocycles. The Kier molecular flexibility index (Phi) is 4.19. The van der Waals surface area contributed by atoms with Gasteiger partial charge in [0, 0.05) is 25.2 Å². The lowest BCUT2D eigenvalue weighted by Gasteiger charge is -2.31. The summed E-state index contributed by atoms with van der Waals surface area (Å²) in [7, 11) is 0. The van der Waals surface area contributed by atoms with Crippen molar-refractivity contribution in [2.45, 2.75) is 58.3 Å². The first-order valence-corrected chi connectivity index (χ1v) is 6.82. The lowest BCUT2D eigenvalue weighted by molar-refractivity contribution is 0.162. The molecule has 2 atom stereocenters. The Hall–Kier alpha value is -0.860. The van der Waals surface area contributed by atoms with E-state index in [1.165, 1.54) is 17.5 Å². The van der Waals surface area contributed by atoms with Gasteiger partial charge in [-0.15, -0.1) is 0 Å². The first-order chi connectivity index (χ1) is 8.26. The third-order valence-electron chi connectivity index (χ3n) is 3.87. The topological polar surface area (TPSA) is 29.3 Å². The standard InChI is InChI=1S/C15H24N2/c1-3-7-14(16)15(4-2)17-10-12-8-5-6-9-13(12)11-17/h5-6,8-9,14-15H,3-4,7,10-11,16H2,1-2H3. The van der Waals surface area contributed by atoms with Gasteiger partial charge in [-0.1, -0.05) is 44.5 Å². The maximum Gasteiger partial charge on any atom is 0.0251 e. The van der Waals surface area contributed by atoms with Crippen LogP contribution >= 0.6 is 0 Å². The van der Waals surface area contributed by atoms with Crippen LogP contribution in [0.3, 0.4) is 0 Å². The SMILES string of the molecule is CCCC(N)C(CC)N1Cc2ccccc2C1. The Morgan fingerprint density at radius 2 is 1.76 bits per heavy atom. The average Bonchev–Trinajstić information content (AvgIpc) is 2.73. The largest absolute Gasteiger partial charge is 0.326 e. The van der Waals surface area contributed by atoms with E-state index in [4.69, 9.17) is 5.73 Å². The Bertz CT molecular complexity index is 337. The van der Waals surface area contributed by atoms with Gasteiger partial charge in [0.25, 0.3) is 0 Å². The number of nitrogens with two attached hydrogens (primary N) is 1. The summed E-state index contributed by atoms with van der Waals surface area (Å²) in [5, 5.41) is 0. The van der Waals surface area contributed by atoms with Crippen molar-refractivity contribution < 1.29 is 0 Å². The van der Waals surface area contributed by atoms with Gasteiger partial charge in [0.05, 0.1) is 0 Å². The summed E-state index contributed by atoms with van der Waals surface area (Å²) in [6.07, 6.45) is 3.46. The lowest BCUT2D eigenvalue weighted by Crippen LogP contribution is -2.45. The maximum absolute atomic E-state index is 6.31. The van der Waals surface area contributed by atoms with Crippen LogP contribution in [0.4, 0.5) is 0 Å². The summed E-state index contributed by atoms with van der Waals surface area (Å²) in [6.45, 7) is 6.62. The van der Waals surface area contributed by atoms with Crippen molar-refractivity contribution in [3.8, 4) is 0 Å². The van der Waals surface area contributed by atoms with Crippen LogP contribution < -0.4 is 5.73 Å². The molecule has 0 spiro atoms. The van der Waals surface area contributed by atoms with Gasteiger partial charge in [-0.25, -0.2) is 0 Å². The lowest BCUT2D eigenvalue weighted by atomic mass is 10.0. The molecular weight excluding hydrogens is 208 g/mol. The molecule has 1 aromatic rings. The van der Waals surface area contributed by atoms with Crippen LogP contribution in [-0.2, 0) is 13.1 Å². The van der Waals surface area contributed by atoms with Crippen molar-refractivity contribution >= 4 is 0 Å². The molecule has 1 aliphatic heterocycles. The predicted octanol–water partition coefficient (Wildman–Crippen LogP) is 2.91. The van der Waals surface area contributed by atoms with Crippen molar-refractivity contribution in [3.63, 3.8) is 0 Å². The predicted molar refractivity (Wildman–Crippen MR) is 72.7 cm³/mol. The molecule has 0 fully saturated rings. The number of nitrogens with zero attached hydrogens (tertiary/aromatic N) is 1. The fraction of sp³-hybridized carbons (Fsp3) is 0.600. The third-order valence-corrected chi connectivity index (χ3v) is 3.87. The van der Waals surface area contributed by atoms with Gasteiger partial charge in [-0.05, 0) is 24.0 Å². The Labute approximate surface area is 105 Å². The highest BCUT2D eigenvalue weighted by atomic mass is 15.2. The quantitative estimate of drug-likeness (QED) is 0.846. The van der Waals surface area contributed by atoms with Gasteiger partial charge in [-0.2, -0.15) is 0 Å². The van der Waals surface area contributed by atoms with Gasteiger partial charge in [0.1, 0.15) is 0 Å². The number of benzene rings is 1. The van der Waals surface area contributed by atoms with Crippen molar-refractivity contribution in [1.82, 2.24) is 4.90 Å². The molecule has 0 bridgehead atoms. The van der Waals surface area contributed by atoms with E-state index in [1.807, 2.05) is 0 Å². The molecule has 1 aliphatic rings. The fourth-order valence-electron chi connectivity index (χ4n) is 2.95. The van der Waals surface area contributed by atoms with E-state index in [1.54, 1.807) is 0 Å². The van der Waals surface area contributed by atoms with E-state index in [-0.39, 0.29) is 0 Å². The van der Waals surface area contributed by atoms with E-state index in [0.29, 0.717) is 12.1 Å². The summed E-state index contributed by atoms with van der Waals surface area (Å²) in [5.74, 6) is 0. The van der Waals surface area contributed by atoms with Crippen molar-refractivity contribution in [2.24, 2.45) is 5.73 Å². The molecule has 0 aromatic heterocycles. The van der Waals surface area contributed by atoms with Gasteiger partial charge in [0.15, 0.2) is 0 Å². The molecule has 2 rings (SSSR count). The van der Waals surface area contributed by atoms with E-state index in [0.717, 1.165) is 25.9 Å². The summed E-state index contributed by atoms with van der Waals surface area (Å²) in [6, 6.07) is 9.60. The molecule has 0 saturated carbocycles. The second kappa shape index (κ2) is 5.65. The summed E-state index contributed by atoms with van der Waals surface area (Å²) < 4.78 is 0. The van der Waals surface area contributed by atoms with Crippen LogP contribution in [0.25, 0.3) is 0 Å². The maximum atomic E-state index is 6.31. The number of rotatable bonds is 5. The van der Waals surface area contributed by atoms with E-state index in [2.05, 4.69) is 43.0 Å². The molecule has 2 N–H and O–H groups in total. The highest BCUT2D eigenvalue weighted by Crippen LogP contribution is 2.26. The minimum Gasteiger partial charge on any atom is -0.326 e. The number of fused-ring (bicyclic) bond motifs is 1. The molecule has 17 heavy (non-hydrogen) atoms. The fourth-order valence-corrected chi connectivity index (χ4v) is 2.95. The van der Waals surface area contributed by atoms with Gasteiger partial charge in [-0.3, -0.25) is 4.90 Å². The Balaban J connectivity index is 2.05. The first kappa shape index (κ1) is 12.6. The van der Waals surface area contributed by atoms with Crippen LogP contribution in [-0.4, -0.2) is 17.0 Å². The van der Waals surface area contributed by atoms with Crippen LogP contribution in [0.15, 0.2) is 24.3 Å². The second-order valence-corrected chi connectivity index (χ2v) is 5.10. The zero-order valence-electron chi connectivity index (χ0n) is 11.0. The van der Waals surface area contributed by atoms with Gasteiger partial charge >= 0.3 is 0 Å². The molecule has 94 valence electrons. The molecule has 1 heterocycles. The second-order valence-electron chi connectivity index (χ2n) is 5.10. The smallest absolute Gasteiger partial charge is 0.0251 e. The molecule has 2 nitrogen and oxygen atoms in total. The van der Waals surface area contributed by atoms with E-state index in [9.17, 15) is 0 Å². The van der Waals surface area contributed by atoms with Gasteiger partial charge < -0.3 is 5.73 Å². The minimum atomic E-state index is 0.319. The number of hydrogen-bond donors (Lipinski definition) is 1. The summed E-state index contributed by atoms with van der Waals surface area (Å²) >= 11 is 0. The molecule has 0 radical (unpaired) electrons. The highest BCUT2D eigenvalue weighted by Gasteiger charge is 2.27. The summed E-state index contributed by atoms with van der Waals surface area (Å²) in [4.78, 5) is 2.55. The zero-order valence-corrected chi connectivity index (χ0v) is 11.0. The first-order valence-electron chi connectivity index (χ1n) is 6.82. The van der Waals surface area contributed by atoms with Crippen molar-refractivity contribution in [1.29, 1.82) is 0 Å². The average molecular weight is 232 g/mol. The zero-order chi connectivity index (χ0) is 12.3. The summed E-state index contributed by atoms with van der Waals surface area (Å²) in [5.41, 5.74) is 9.27. The van der Waals surface area contributed by atoms with E-state index >= 15 is 0 Å². The van der Waals surface area contributed by atoms with Gasteiger partial charge in [0.2, 0.25) is 0 Å². The van der Waals surface area contributed by atoms with Crippen molar-refractivity contribution in [2.75, 3.05) is 0 Å².